The average molecular weight is 705 g/mol. The maximum atomic E-state index is 12.1. The molecule has 8 rings (SSSR count). The molecule has 3 aromatic heterocycles. The van der Waals surface area contributed by atoms with Gasteiger partial charge >= 0.3 is 0 Å². The van der Waals surface area contributed by atoms with Gasteiger partial charge in [0.05, 0.1) is 22.5 Å². The number of fused-ring (bicyclic) bond motifs is 1. The highest BCUT2D eigenvalue weighted by Gasteiger charge is 2.29. The van der Waals surface area contributed by atoms with E-state index >= 15 is 0 Å². The van der Waals surface area contributed by atoms with Crippen LogP contribution in [0.4, 0.5) is 0 Å². The van der Waals surface area contributed by atoms with Crippen LogP contribution in [-0.2, 0) is 10.8 Å². The van der Waals surface area contributed by atoms with Gasteiger partial charge in [0.15, 0.2) is 0 Å². The van der Waals surface area contributed by atoms with E-state index in [0.717, 1.165) is 72.6 Å². The number of benzene rings is 5. The minimum Gasteiger partial charge on any atom is -0.507 e. The number of hydrogen-bond acceptors (Lipinski definition) is 4. The third-order valence-electron chi connectivity index (χ3n) is 10.1. The van der Waals surface area contributed by atoms with Crippen molar-refractivity contribution in [3.63, 3.8) is 0 Å². The number of aromatic nitrogens is 4. The monoisotopic (exact) mass is 704 g/mol. The lowest BCUT2D eigenvalue weighted by atomic mass is 9.79. The first-order valence-corrected chi connectivity index (χ1v) is 18.5. The van der Waals surface area contributed by atoms with Crippen LogP contribution in [0.5, 0.6) is 5.75 Å². The summed E-state index contributed by atoms with van der Waals surface area (Å²) in [6.07, 6.45) is 3.74. The molecule has 0 aliphatic heterocycles. The van der Waals surface area contributed by atoms with Gasteiger partial charge in [-0.3, -0.25) is 14.5 Å². The average Bonchev–Trinajstić information content (AvgIpc) is 3.57. The van der Waals surface area contributed by atoms with Gasteiger partial charge in [-0.05, 0) is 93.2 Å². The Balaban J connectivity index is 1.40. The van der Waals surface area contributed by atoms with Crippen molar-refractivity contribution < 1.29 is 5.11 Å². The zero-order chi connectivity index (χ0) is 37.6. The van der Waals surface area contributed by atoms with Crippen LogP contribution in [0.1, 0.15) is 52.7 Å². The number of imidazole rings is 1. The minimum absolute atomic E-state index is 0.154. The van der Waals surface area contributed by atoms with E-state index < -0.39 is 0 Å². The summed E-state index contributed by atoms with van der Waals surface area (Å²) in [5.41, 5.74) is 12.8. The zero-order valence-corrected chi connectivity index (χ0v) is 31.7. The quantitative estimate of drug-likeness (QED) is 0.187. The molecule has 0 atom stereocenters. The molecule has 0 saturated heterocycles. The molecule has 0 bridgehead atoms. The number of rotatable bonds is 6. The van der Waals surface area contributed by atoms with Crippen molar-refractivity contribution in [2.45, 2.75) is 52.4 Å². The van der Waals surface area contributed by atoms with E-state index in [1.807, 2.05) is 48.8 Å². The van der Waals surface area contributed by atoms with Crippen molar-refractivity contribution in [1.29, 1.82) is 0 Å². The fourth-order valence-corrected chi connectivity index (χ4v) is 7.15. The molecule has 5 nitrogen and oxygen atoms in total. The van der Waals surface area contributed by atoms with Gasteiger partial charge in [-0.1, -0.05) is 126 Å². The minimum atomic E-state index is -0.295. The Morgan fingerprint density at radius 3 is 1.76 bits per heavy atom. The van der Waals surface area contributed by atoms with Crippen molar-refractivity contribution in [2.24, 2.45) is 0 Å². The third-order valence-corrected chi connectivity index (χ3v) is 10.1. The molecule has 1 N–H and O–H groups in total. The molecule has 0 radical (unpaired) electrons. The summed E-state index contributed by atoms with van der Waals surface area (Å²) in [4.78, 5) is 15.3. The number of pyridine rings is 2. The smallest absolute Gasteiger partial charge is 0.149 e. The van der Waals surface area contributed by atoms with Crippen molar-refractivity contribution in [3.05, 3.63) is 163 Å². The highest BCUT2D eigenvalue weighted by atomic mass is 16.3. The van der Waals surface area contributed by atoms with E-state index in [1.165, 1.54) is 0 Å². The molecule has 0 saturated carbocycles. The van der Waals surface area contributed by atoms with Gasteiger partial charge in [0.25, 0.3) is 0 Å². The SMILES string of the molecule is CC(C)(C)c1cc(-c2nc3c(-c4cc(-c5ccccc5)cc(-c5cc(-c6ccccc6)ccn5)c4)nccc3n2-c2ccccc2)c(O)c(C(C)(C)C)c1. The lowest BCUT2D eigenvalue weighted by molar-refractivity contribution is 0.446. The second-order valence-electron chi connectivity index (χ2n) is 16.0. The third kappa shape index (κ3) is 6.58. The summed E-state index contributed by atoms with van der Waals surface area (Å²) >= 11 is 0. The molecule has 0 aliphatic rings. The fraction of sp³-hybridized carbons (Fsp3) is 0.163. The number of para-hydroxylation sites is 1. The molecule has 3 heterocycles. The van der Waals surface area contributed by atoms with Gasteiger partial charge in [0.2, 0.25) is 0 Å². The highest BCUT2D eigenvalue weighted by Crippen LogP contribution is 2.44. The van der Waals surface area contributed by atoms with Gasteiger partial charge in [-0.25, -0.2) is 4.98 Å². The van der Waals surface area contributed by atoms with Crippen LogP contribution in [0.2, 0.25) is 0 Å². The molecular weight excluding hydrogens is 661 g/mol. The molecular formula is C49H44N4O. The summed E-state index contributed by atoms with van der Waals surface area (Å²) in [5, 5.41) is 12.1. The molecule has 8 aromatic rings. The Bertz CT molecular complexity index is 2610. The molecule has 0 amide bonds. The van der Waals surface area contributed by atoms with Crippen molar-refractivity contribution in [2.75, 3.05) is 0 Å². The first kappa shape index (κ1) is 34.7. The first-order valence-electron chi connectivity index (χ1n) is 18.5. The van der Waals surface area contributed by atoms with Crippen LogP contribution in [0.25, 0.3) is 72.9 Å². The maximum absolute atomic E-state index is 12.1. The summed E-state index contributed by atoms with van der Waals surface area (Å²) < 4.78 is 2.15. The number of phenolic OH excluding ortho intramolecular Hbond substituents is 1. The Labute approximate surface area is 317 Å². The van der Waals surface area contributed by atoms with Crippen LogP contribution < -0.4 is 0 Å². The van der Waals surface area contributed by atoms with Crippen molar-refractivity contribution in [1.82, 2.24) is 19.5 Å². The van der Waals surface area contributed by atoms with Crippen molar-refractivity contribution >= 4 is 11.0 Å². The van der Waals surface area contributed by atoms with E-state index in [2.05, 4.69) is 149 Å². The second kappa shape index (κ2) is 13.6. The van der Waals surface area contributed by atoms with Gasteiger partial charge < -0.3 is 5.11 Å². The topological polar surface area (TPSA) is 63.8 Å². The molecule has 266 valence electrons. The molecule has 5 heteroatoms. The molecule has 0 spiro atoms. The van der Waals surface area contributed by atoms with Gasteiger partial charge in [-0.15, -0.1) is 0 Å². The second-order valence-corrected chi connectivity index (χ2v) is 16.0. The summed E-state index contributed by atoms with van der Waals surface area (Å²) in [7, 11) is 0. The normalized spacial score (nSPS) is 12.0. The standard InChI is InChI=1S/C49H44N4O/c1-48(2,3)38-30-40(46(54)41(31-38)49(4,5)6)47-52-45-43(53(47)39-20-14-9-15-21-39)23-25-51-44(45)37-27-35(33-18-12-8-13-19-33)26-36(28-37)42-29-34(22-24-50-42)32-16-10-7-11-17-32/h7-31,54H,1-6H3. The van der Waals surface area contributed by atoms with E-state index in [0.29, 0.717) is 11.4 Å². The highest BCUT2D eigenvalue weighted by molar-refractivity contribution is 5.96. The summed E-state index contributed by atoms with van der Waals surface area (Å²) in [6.45, 7) is 13.0. The van der Waals surface area contributed by atoms with E-state index in [1.54, 1.807) is 0 Å². The maximum Gasteiger partial charge on any atom is 0.149 e. The van der Waals surface area contributed by atoms with Gasteiger partial charge in [0.1, 0.15) is 17.1 Å². The lowest BCUT2D eigenvalue weighted by Gasteiger charge is -2.27. The Hall–Kier alpha value is -6.33. The van der Waals surface area contributed by atoms with Crippen LogP contribution >= 0.6 is 0 Å². The number of hydrogen-bond donors (Lipinski definition) is 1. The van der Waals surface area contributed by atoms with E-state index in [-0.39, 0.29) is 16.6 Å². The molecule has 0 unspecified atom stereocenters. The van der Waals surface area contributed by atoms with Crippen LogP contribution in [-0.4, -0.2) is 24.6 Å². The molecule has 0 aliphatic carbocycles. The predicted octanol–water partition coefficient (Wildman–Crippen LogP) is 12.5. The number of aromatic hydroxyl groups is 1. The van der Waals surface area contributed by atoms with Gasteiger partial charge in [0, 0.05) is 34.8 Å². The fourth-order valence-electron chi connectivity index (χ4n) is 7.15. The van der Waals surface area contributed by atoms with Crippen LogP contribution in [0, 0.1) is 0 Å². The van der Waals surface area contributed by atoms with Crippen molar-refractivity contribution in [3.8, 4) is 67.6 Å². The summed E-state index contributed by atoms with van der Waals surface area (Å²) in [6, 6.07) is 48.1. The number of nitrogens with zero attached hydrogens (tertiary/aromatic N) is 4. The lowest BCUT2D eigenvalue weighted by Crippen LogP contribution is -2.17. The van der Waals surface area contributed by atoms with E-state index in [9.17, 15) is 5.11 Å². The van der Waals surface area contributed by atoms with Crippen LogP contribution in [0.3, 0.4) is 0 Å². The molecule has 5 aromatic carbocycles. The largest absolute Gasteiger partial charge is 0.507 e. The Kier molecular flexibility index (Phi) is 8.74. The Morgan fingerprint density at radius 2 is 1.11 bits per heavy atom. The van der Waals surface area contributed by atoms with E-state index in [4.69, 9.17) is 15.0 Å². The molecule has 0 fully saturated rings. The molecule has 54 heavy (non-hydrogen) atoms. The van der Waals surface area contributed by atoms with Gasteiger partial charge in [-0.2, -0.15) is 0 Å². The zero-order valence-electron chi connectivity index (χ0n) is 31.7. The first-order chi connectivity index (χ1) is 26.0. The predicted molar refractivity (Wildman–Crippen MR) is 223 cm³/mol. The van der Waals surface area contributed by atoms with Crippen LogP contribution in [0.15, 0.2) is 152 Å². The number of phenols is 1. The Morgan fingerprint density at radius 1 is 0.519 bits per heavy atom. The summed E-state index contributed by atoms with van der Waals surface area (Å²) in [5.74, 6) is 0.909.